The summed E-state index contributed by atoms with van der Waals surface area (Å²) in [7, 11) is 0. The maximum Gasteiger partial charge on any atom is 0.333 e. The molecule has 0 radical (unpaired) electrons. The van der Waals surface area contributed by atoms with Gasteiger partial charge in [0.15, 0.2) is 6.04 Å². The number of hydrogen-bond acceptors (Lipinski definition) is 2. The average Bonchev–Trinajstić information content (AvgIpc) is 1.86. The summed E-state index contributed by atoms with van der Waals surface area (Å²) in [5, 5.41) is 7.95. The van der Waals surface area contributed by atoms with Crippen molar-refractivity contribution >= 4 is 5.97 Å². The third-order valence-corrected chi connectivity index (χ3v) is 0.849. The maximum atomic E-state index is 12.1. The Hall–Kier alpha value is -1.15. The number of terminal acetylenes is 1. The van der Waals surface area contributed by atoms with Gasteiger partial charge in [0, 0.05) is 0 Å². The number of rotatable bonds is 2. The van der Waals surface area contributed by atoms with E-state index in [9.17, 15) is 13.6 Å². The van der Waals surface area contributed by atoms with E-state index in [4.69, 9.17) is 5.11 Å². The monoisotopic (exact) mass is 149 g/mol. The number of nitrogens with two attached hydrogens (primary N) is 1. The van der Waals surface area contributed by atoms with Gasteiger partial charge in [0.05, 0.1) is 0 Å². The molecule has 0 saturated heterocycles. The number of alkyl halides is 2. The smallest absolute Gasteiger partial charge is 0.333 e. The molecule has 0 bridgehead atoms. The molecular formula is C5H5F2NO2. The van der Waals surface area contributed by atoms with E-state index in [1.165, 1.54) is 0 Å². The predicted octanol–water partition coefficient (Wildman–Crippen LogP) is -0.333. The van der Waals surface area contributed by atoms with Gasteiger partial charge >= 0.3 is 11.9 Å². The molecule has 56 valence electrons. The summed E-state index contributed by atoms with van der Waals surface area (Å²) in [5.41, 5.74) is 4.51. The SMILES string of the molecule is C#CC(F)(F)[C@H](N)C(=O)O. The van der Waals surface area contributed by atoms with Crippen LogP contribution < -0.4 is 5.73 Å². The van der Waals surface area contributed by atoms with Gasteiger partial charge in [-0.15, -0.1) is 6.42 Å². The maximum absolute atomic E-state index is 12.1. The first-order valence-corrected chi connectivity index (χ1v) is 2.26. The highest BCUT2D eigenvalue weighted by Gasteiger charge is 2.39. The van der Waals surface area contributed by atoms with Crippen molar-refractivity contribution in [2.45, 2.75) is 12.0 Å². The molecule has 0 rings (SSSR count). The van der Waals surface area contributed by atoms with Crippen LogP contribution in [0.15, 0.2) is 0 Å². The molecule has 0 aromatic heterocycles. The van der Waals surface area contributed by atoms with E-state index in [-0.39, 0.29) is 0 Å². The van der Waals surface area contributed by atoms with Crippen LogP contribution in [0.5, 0.6) is 0 Å². The number of aliphatic carboxylic acids is 1. The molecule has 0 aliphatic rings. The first-order valence-electron chi connectivity index (χ1n) is 2.26. The van der Waals surface area contributed by atoms with Crippen LogP contribution in [0.4, 0.5) is 8.78 Å². The van der Waals surface area contributed by atoms with Crippen molar-refractivity contribution in [2.24, 2.45) is 5.73 Å². The molecule has 0 unspecified atom stereocenters. The number of carboxylic acids is 1. The summed E-state index contributed by atoms with van der Waals surface area (Å²) in [4.78, 5) is 9.80. The van der Waals surface area contributed by atoms with Crippen LogP contribution in [0.2, 0.25) is 0 Å². The van der Waals surface area contributed by atoms with Gasteiger partial charge in [-0.25, -0.2) is 0 Å². The van der Waals surface area contributed by atoms with Gasteiger partial charge in [0.1, 0.15) is 0 Å². The van der Waals surface area contributed by atoms with Crippen molar-refractivity contribution in [3.63, 3.8) is 0 Å². The zero-order valence-electron chi connectivity index (χ0n) is 4.84. The summed E-state index contributed by atoms with van der Waals surface area (Å²) in [6, 6.07) is -2.32. The molecule has 0 aliphatic heterocycles. The van der Waals surface area contributed by atoms with Crippen molar-refractivity contribution in [3.05, 3.63) is 0 Å². The average molecular weight is 149 g/mol. The predicted molar refractivity (Wildman–Crippen MR) is 29.4 cm³/mol. The molecular weight excluding hydrogens is 144 g/mol. The zero-order valence-corrected chi connectivity index (χ0v) is 4.84. The van der Waals surface area contributed by atoms with Crippen LogP contribution in [-0.2, 0) is 4.79 Å². The Bertz CT molecular complexity index is 185. The first-order chi connectivity index (χ1) is 4.41. The van der Waals surface area contributed by atoms with Gasteiger partial charge in [0.2, 0.25) is 0 Å². The Morgan fingerprint density at radius 1 is 1.80 bits per heavy atom. The van der Waals surface area contributed by atoms with Crippen LogP contribution in [0, 0.1) is 12.3 Å². The molecule has 0 fully saturated rings. The standard InChI is InChI=1S/C5H5F2NO2/c1-2-5(6,7)3(8)4(9)10/h1,3H,8H2,(H,9,10)/t3-/m1/s1. The van der Waals surface area contributed by atoms with Gasteiger partial charge < -0.3 is 10.8 Å². The second-order valence-corrected chi connectivity index (χ2v) is 1.58. The van der Waals surface area contributed by atoms with Crippen molar-refractivity contribution in [2.75, 3.05) is 0 Å². The molecule has 3 nitrogen and oxygen atoms in total. The molecule has 3 N–H and O–H groups in total. The fraction of sp³-hybridized carbons (Fsp3) is 0.400. The molecule has 0 aromatic carbocycles. The second kappa shape index (κ2) is 2.62. The Balaban J connectivity index is 4.37. The van der Waals surface area contributed by atoms with Crippen LogP contribution in [-0.4, -0.2) is 23.0 Å². The molecule has 5 heteroatoms. The van der Waals surface area contributed by atoms with Crippen molar-refractivity contribution in [1.82, 2.24) is 0 Å². The van der Waals surface area contributed by atoms with Gasteiger partial charge in [-0.2, -0.15) is 8.78 Å². The largest absolute Gasteiger partial charge is 0.480 e. The third-order valence-electron chi connectivity index (χ3n) is 0.849. The summed E-state index contributed by atoms with van der Waals surface area (Å²) in [6.07, 6.45) is 4.30. The Labute approximate surface area is 55.8 Å². The molecule has 0 aliphatic carbocycles. The topological polar surface area (TPSA) is 63.3 Å². The third kappa shape index (κ3) is 1.67. The lowest BCUT2D eigenvalue weighted by Crippen LogP contribution is -2.46. The Kier molecular flexibility index (Phi) is 2.32. The fourth-order valence-electron chi connectivity index (χ4n) is 0.245. The molecule has 0 amide bonds. The van der Waals surface area contributed by atoms with Gasteiger partial charge in [0.25, 0.3) is 0 Å². The number of carboxylic acid groups (broad SMARTS) is 1. The Morgan fingerprint density at radius 3 is 2.30 bits per heavy atom. The lowest BCUT2D eigenvalue weighted by molar-refractivity contribution is -0.144. The molecule has 0 heterocycles. The van der Waals surface area contributed by atoms with E-state index >= 15 is 0 Å². The minimum absolute atomic E-state index is 0.983. The van der Waals surface area contributed by atoms with E-state index in [0.29, 0.717) is 0 Å². The minimum Gasteiger partial charge on any atom is -0.480 e. The van der Waals surface area contributed by atoms with Crippen LogP contribution in [0.1, 0.15) is 0 Å². The zero-order chi connectivity index (χ0) is 8.36. The molecule has 10 heavy (non-hydrogen) atoms. The number of halogens is 2. The van der Waals surface area contributed by atoms with Crippen LogP contribution in [0.3, 0.4) is 0 Å². The molecule has 0 aromatic rings. The first kappa shape index (κ1) is 8.85. The summed E-state index contributed by atoms with van der Waals surface area (Å²) in [5.74, 6) is -4.61. The number of carbonyl (C=O) groups is 1. The van der Waals surface area contributed by atoms with E-state index < -0.39 is 17.9 Å². The van der Waals surface area contributed by atoms with Crippen LogP contribution in [0.25, 0.3) is 0 Å². The number of hydrogen-bond donors (Lipinski definition) is 2. The lowest BCUT2D eigenvalue weighted by Gasteiger charge is -2.12. The summed E-state index contributed by atoms with van der Waals surface area (Å²) in [6.45, 7) is 0. The second-order valence-electron chi connectivity index (χ2n) is 1.58. The van der Waals surface area contributed by atoms with Gasteiger partial charge in [-0.1, -0.05) is 0 Å². The highest BCUT2D eigenvalue weighted by atomic mass is 19.3. The van der Waals surface area contributed by atoms with E-state index in [2.05, 4.69) is 12.2 Å². The van der Waals surface area contributed by atoms with Gasteiger partial charge in [-0.05, 0) is 5.92 Å². The van der Waals surface area contributed by atoms with Crippen molar-refractivity contribution < 1.29 is 18.7 Å². The van der Waals surface area contributed by atoms with Crippen molar-refractivity contribution in [1.29, 1.82) is 0 Å². The molecule has 0 saturated carbocycles. The van der Waals surface area contributed by atoms with E-state index in [1.807, 2.05) is 0 Å². The minimum atomic E-state index is -3.77. The fourth-order valence-corrected chi connectivity index (χ4v) is 0.245. The van der Waals surface area contributed by atoms with E-state index in [1.54, 1.807) is 0 Å². The molecule has 0 spiro atoms. The summed E-state index contributed by atoms with van der Waals surface area (Å²) < 4.78 is 24.1. The highest BCUT2D eigenvalue weighted by molar-refractivity contribution is 5.75. The van der Waals surface area contributed by atoms with E-state index in [0.717, 1.165) is 5.92 Å². The Morgan fingerprint density at radius 2 is 2.20 bits per heavy atom. The molecule has 1 atom stereocenters. The van der Waals surface area contributed by atoms with Crippen molar-refractivity contribution in [3.8, 4) is 12.3 Å². The van der Waals surface area contributed by atoms with Crippen LogP contribution >= 0.6 is 0 Å². The normalized spacial score (nSPS) is 13.8. The highest BCUT2D eigenvalue weighted by Crippen LogP contribution is 2.15. The quantitative estimate of drug-likeness (QED) is 0.528. The summed E-state index contributed by atoms with van der Waals surface area (Å²) >= 11 is 0. The lowest BCUT2D eigenvalue weighted by atomic mass is 10.2. The van der Waals surface area contributed by atoms with Gasteiger partial charge in [-0.3, -0.25) is 4.79 Å².